The molecule has 0 spiro atoms. The van der Waals surface area contributed by atoms with Gasteiger partial charge in [-0.15, -0.1) is 0 Å². The molecule has 0 atom stereocenters. The SMILES string of the molecule is C=C/C=C\c1cc(C)ccc1C. The average molecular weight is 158 g/mol. The molecule has 0 nitrogen and oxygen atoms in total. The molecule has 12 heavy (non-hydrogen) atoms. The third kappa shape index (κ3) is 2.09. The number of hydrogen-bond acceptors (Lipinski definition) is 0. The molecule has 0 N–H and O–H groups in total. The molecule has 0 aliphatic heterocycles. The Bertz CT molecular complexity index is 306. The van der Waals surface area contributed by atoms with Crippen molar-refractivity contribution in [1.29, 1.82) is 0 Å². The van der Waals surface area contributed by atoms with E-state index in [0.717, 1.165) is 0 Å². The van der Waals surface area contributed by atoms with Gasteiger partial charge in [-0.1, -0.05) is 48.6 Å². The lowest BCUT2D eigenvalue weighted by Gasteiger charge is -2.00. The fraction of sp³-hybridized carbons (Fsp3) is 0.167. The lowest BCUT2D eigenvalue weighted by atomic mass is 10.1. The van der Waals surface area contributed by atoms with Crippen molar-refractivity contribution in [2.24, 2.45) is 0 Å². The predicted octanol–water partition coefficient (Wildman–Crippen LogP) is 3.50. The molecule has 1 aromatic carbocycles. The van der Waals surface area contributed by atoms with Gasteiger partial charge in [0.05, 0.1) is 0 Å². The number of allylic oxidation sites excluding steroid dienone is 2. The minimum Gasteiger partial charge on any atom is -0.0991 e. The van der Waals surface area contributed by atoms with Crippen LogP contribution < -0.4 is 0 Å². The molecule has 0 aliphatic carbocycles. The Morgan fingerprint density at radius 1 is 1.25 bits per heavy atom. The van der Waals surface area contributed by atoms with Gasteiger partial charge in [-0.05, 0) is 25.0 Å². The van der Waals surface area contributed by atoms with Crippen molar-refractivity contribution < 1.29 is 0 Å². The summed E-state index contributed by atoms with van der Waals surface area (Å²) in [5.41, 5.74) is 3.87. The van der Waals surface area contributed by atoms with Crippen LogP contribution >= 0.6 is 0 Å². The first-order chi connectivity index (χ1) is 5.74. The van der Waals surface area contributed by atoms with E-state index in [0.29, 0.717) is 0 Å². The zero-order chi connectivity index (χ0) is 8.97. The third-order valence-corrected chi connectivity index (χ3v) is 1.85. The van der Waals surface area contributed by atoms with Gasteiger partial charge in [-0.2, -0.15) is 0 Å². The lowest BCUT2D eigenvalue weighted by Crippen LogP contribution is -1.81. The Hall–Kier alpha value is -1.30. The molecular weight excluding hydrogens is 144 g/mol. The van der Waals surface area contributed by atoms with E-state index in [9.17, 15) is 0 Å². The van der Waals surface area contributed by atoms with E-state index in [1.165, 1.54) is 16.7 Å². The summed E-state index contributed by atoms with van der Waals surface area (Å²) in [6.45, 7) is 7.86. The minimum absolute atomic E-state index is 1.27. The Morgan fingerprint density at radius 3 is 2.67 bits per heavy atom. The molecule has 0 saturated carbocycles. The summed E-state index contributed by atoms with van der Waals surface area (Å²) in [6.07, 6.45) is 5.83. The van der Waals surface area contributed by atoms with Gasteiger partial charge in [0.2, 0.25) is 0 Å². The Labute approximate surface area is 74.2 Å². The summed E-state index contributed by atoms with van der Waals surface area (Å²) in [6, 6.07) is 6.44. The van der Waals surface area contributed by atoms with Crippen molar-refractivity contribution >= 4 is 6.08 Å². The summed E-state index contributed by atoms with van der Waals surface area (Å²) in [5, 5.41) is 0. The third-order valence-electron chi connectivity index (χ3n) is 1.85. The molecule has 0 aliphatic rings. The van der Waals surface area contributed by atoms with Crippen LogP contribution in [-0.2, 0) is 0 Å². The Kier molecular flexibility index (Phi) is 2.87. The monoisotopic (exact) mass is 158 g/mol. The van der Waals surface area contributed by atoms with Crippen LogP contribution in [-0.4, -0.2) is 0 Å². The summed E-state index contributed by atoms with van der Waals surface area (Å²) in [5.74, 6) is 0. The Morgan fingerprint density at radius 2 is 2.00 bits per heavy atom. The van der Waals surface area contributed by atoms with E-state index >= 15 is 0 Å². The highest BCUT2D eigenvalue weighted by Crippen LogP contribution is 2.11. The molecule has 0 heteroatoms. The van der Waals surface area contributed by atoms with Gasteiger partial charge in [0, 0.05) is 0 Å². The first kappa shape index (κ1) is 8.79. The second kappa shape index (κ2) is 3.91. The standard InChI is InChI=1S/C12H14/c1-4-5-6-12-9-10(2)7-8-11(12)3/h4-9H,1H2,2-3H3/b6-5-. The minimum atomic E-state index is 1.27. The van der Waals surface area contributed by atoms with Gasteiger partial charge in [-0.25, -0.2) is 0 Å². The van der Waals surface area contributed by atoms with Crippen molar-refractivity contribution in [3.8, 4) is 0 Å². The van der Waals surface area contributed by atoms with Gasteiger partial charge < -0.3 is 0 Å². The van der Waals surface area contributed by atoms with Crippen LogP contribution in [0.3, 0.4) is 0 Å². The fourth-order valence-electron chi connectivity index (χ4n) is 1.11. The van der Waals surface area contributed by atoms with Crippen LogP contribution in [0.4, 0.5) is 0 Å². The maximum Gasteiger partial charge on any atom is -0.0225 e. The van der Waals surface area contributed by atoms with Crippen LogP contribution in [0.1, 0.15) is 16.7 Å². The lowest BCUT2D eigenvalue weighted by molar-refractivity contribution is 1.38. The molecule has 0 fully saturated rings. The van der Waals surface area contributed by atoms with Gasteiger partial charge in [-0.3, -0.25) is 0 Å². The fourth-order valence-corrected chi connectivity index (χ4v) is 1.11. The predicted molar refractivity (Wildman–Crippen MR) is 55.1 cm³/mol. The highest BCUT2D eigenvalue weighted by atomic mass is 14.0. The normalized spacial score (nSPS) is 10.5. The Balaban J connectivity index is 3.04. The highest BCUT2D eigenvalue weighted by Gasteiger charge is 1.92. The summed E-state index contributed by atoms with van der Waals surface area (Å²) in [7, 11) is 0. The molecule has 62 valence electrons. The van der Waals surface area contributed by atoms with Gasteiger partial charge in [0.25, 0.3) is 0 Å². The zero-order valence-corrected chi connectivity index (χ0v) is 7.67. The molecule has 0 amide bonds. The molecule has 0 saturated heterocycles. The molecule has 1 aromatic rings. The van der Waals surface area contributed by atoms with Gasteiger partial charge >= 0.3 is 0 Å². The van der Waals surface area contributed by atoms with Crippen molar-refractivity contribution in [2.75, 3.05) is 0 Å². The topological polar surface area (TPSA) is 0 Å². The van der Waals surface area contributed by atoms with E-state index in [1.807, 2.05) is 6.08 Å². The second-order valence-corrected chi connectivity index (χ2v) is 2.95. The van der Waals surface area contributed by atoms with Crippen LogP contribution in [0.5, 0.6) is 0 Å². The summed E-state index contributed by atoms with van der Waals surface area (Å²) >= 11 is 0. The maximum atomic E-state index is 3.64. The molecular formula is C12H14. The second-order valence-electron chi connectivity index (χ2n) is 2.95. The molecule has 0 radical (unpaired) electrons. The van der Waals surface area contributed by atoms with Crippen LogP contribution in [0.15, 0.2) is 36.9 Å². The van der Waals surface area contributed by atoms with Crippen LogP contribution in [0, 0.1) is 13.8 Å². The highest BCUT2D eigenvalue weighted by molar-refractivity contribution is 5.55. The zero-order valence-electron chi connectivity index (χ0n) is 7.67. The van der Waals surface area contributed by atoms with Crippen molar-refractivity contribution in [3.05, 3.63) is 53.6 Å². The quantitative estimate of drug-likeness (QED) is 0.578. The number of aryl methyl sites for hydroxylation is 2. The van der Waals surface area contributed by atoms with E-state index in [2.05, 4.69) is 44.7 Å². The average Bonchev–Trinajstić information content (AvgIpc) is 2.07. The number of rotatable bonds is 2. The van der Waals surface area contributed by atoms with E-state index in [4.69, 9.17) is 0 Å². The number of benzene rings is 1. The largest absolute Gasteiger partial charge is 0.0991 e. The summed E-state index contributed by atoms with van der Waals surface area (Å²) in [4.78, 5) is 0. The molecule has 0 heterocycles. The van der Waals surface area contributed by atoms with Crippen molar-refractivity contribution in [2.45, 2.75) is 13.8 Å². The first-order valence-electron chi connectivity index (χ1n) is 4.10. The maximum absolute atomic E-state index is 3.64. The molecule has 0 unspecified atom stereocenters. The summed E-state index contributed by atoms with van der Waals surface area (Å²) < 4.78 is 0. The molecule has 1 rings (SSSR count). The van der Waals surface area contributed by atoms with E-state index in [1.54, 1.807) is 6.08 Å². The van der Waals surface area contributed by atoms with Crippen molar-refractivity contribution in [3.63, 3.8) is 0 Å². The number of hydrogen-bond donors (Lipinski definition) is 0. The molecule has 0 aromatic heterocycles. The van der Waals surface area contributed by atoms with Gasteiger partial charge in [0.15, 0.2) is 0 Å². The van der Waals surface area contributed by atoms with Crippen LogP contribution in [0.25, 0.3) is 6.08 Å². The van der Waals surface area contributed by atoms with Gasteiger partial charge in [0.1, 0.15) is 0 Å². The smallest absolute Gasteiger partial charge is 0.0225 e. The van der Waals surface area contributed by atoms with Crippen molar-refractivity contribution in [1.82, 2.24) is 0 Å². The first-order valence-corrected chi connectivity index (χ1v) is 4.10. The van der Waals surface area contributed by atoms with E-state index in [-0.39, 0.29) is 0 Å². The van der Waals surface area contributed by atoms with E-state index < -0.39 is 0 Å². The molecule has 0 bridgehead atoms. The van der Waals surface area contributed by atoms with Crippen LogP contribution in [0.2, 0.25) is 0 Å².